The Morgan fingerprint density at radius 2 is 2.14 bits per heavy atom. The molecule has 3 heterocycles. The predicted molar refractivity (Wildman–Crippen MR) is 98.8 cm³/mol. The molecule has 3 N–H and O–H groups in total. The molecule has 0 radical (unpaired) electrons. The van der Waals surface area contributed by atoms with Crippen molar-refractivity contribution in [1.82, 2.24) is 15.1 Å². The average Bonchev–Trinajstić information content (AvgIpc) is 3.04. The molecule has 9 nitrogen and oxygen atoms in total. The van der Waals surface area contributed by atoms with Crippen molar-refractivity contribution >= 4 is 17.7 Å². The lowest BCUT2D eigenvalue weighted by Gasteiger charge is -2.40. The molecule has 0 saturated carbocycles. The van der Waals surface area contributed by atoms with Crippen LogP contribution < -0.4 is 11.1 Å². The van der Waals surface area contributed by atoms with Crippen molar-refractivity contribution in [2.75, 3.05) is 33.9 Å². The highest BCUT2D eigenvalue weighted by Gasteiger charge is 2.75. The van der Waals surface area contributed by atoms with Crippen LogP contribution in [0.15, 0.2) is 35.2 Å². The number of rotatable bonds is 6. The molecule has 5 unspecified atom stereocenters. The molecule has 28 heavy (non-hydrogen) atoms. The molecule has 9 heteroatoms. The second kappa shape index (κ2) is 6.18. The largest absolute Gasteiger partial charge is 0.449 e. The van der Waals surface area contributed by atoms with Gasteiger partial charge >= 0.3 is 6.09 Å². The molecular weight excluding hydrogens is 364 g/mol. The number of fused-ring (bicyclic) bond motifs is 4. The van der Waals surface area contributed by atoms with E-state index in [9.17, 15) is 14.4 Å². The number of ether oxygens (including phenoxy) is 2. The van der Waals surface area contributed by atoms with E-state index in [-0.39, 0.29) is 36.0 Å². The van der Waals surface area contributed by atoms with Gasteiger partial charge in [0.15, 0.2) is 5.72 Å². The number of nitrogens with one attached hydrogen (secondary N) is 1. The molecule has 4 aliphatic rings. The number of primary amides is 1. The van der Waals surface area contributed by atoms with Crippen molar-refractivity contribution in [3.05, 3.63) is 35.2 Å². The van der Waals surface area contributed by atoms with E-state index in [0.29, 0.717) is 29.9 Å². The predicted octanol–water partition coefficient (Wildman–Crippen LogP) is -0.492. The van der Waals surface area contributed by atoms with Crippen LogP contribution in [0.5, 0.6) is 0 Å². The molecule has 0 bridgehead atoms. The monoisotopic (exact) mass is 388 g/mol. The zero-order valence-corrected chi connectivity index (χ0v) is 16.2. The molecule has 0 aromatic heterocycles. The van der Waals surface area contributed by atoms with Crippen molar-refractivity contribution in [3.8, 4) is 0 Å². The van der Waals surface area contributed by atoms with Gasteiger partial charge in [0.05, 0.1) is 23.4 Å². The molecule has 4 rings (SSSR count). The Bertz CT molecular complexity index is 862. The minimum atomic E-state index is -0.945. The van der Waals surface area contributed by atoms with Crippen LogP contribution in [0, 0.1) is 5.92 Å². The molecule has 0 aromatic carbocycles. The topological polar surface area (TPSA) is 114 Å². The normalized spacial score (nSPS) is 35.6. The van der Waals surface area contributed by atoms with Gasteiger partial charge in [0, 0.05) is 37.4 Å². The Kier molecular flexibility index (Phi) is 4.13. The SMILES string of the molecule is C=CCNC1=C(C)C(=O)C2=C(C1=O)C(COC(N)=O)C1(OC)C3C(CN21)N3C. The van der Waals surface area contributed by atoms with Crippen molar-refractivity contribution < 1.29 is 23.9 Å². The molecule has 1 amide bonds. The van der Waals surface area contributed by atoms with Gasteiger partial charge in [0.25, 0.3) is 0 Å². The van der Waals surface area contributed by atoms with Gasteiger partial charge in [0.2, 0.25) is 11.6 Å². The van der Waals surface area contributed by atoms with E-state index < -0.39 is 17.7 Å². The summed E-state index contributed by atoms with van der Waals surface area (Å²) >= 11 is 0. The maximum Gasteiger partial charge on any atom is 0.404 e. The fourth-order valence-corrected chi connectivity index (χ4v) is 5.10. The average molecular weight is 388 g/mol. The first-order valence-corrected chi connectivity index (χ1v) is 9.17. The summed E-state index contributed by atoms with van der Waals surface area (Å²) in [5.41, 5.74) is 5.53. The van der Waals surface area contributed by atoms with Crippen molar-refractivity contribution in [1.29, 1.82) is 0 Å². The highest BCUT2D eigenvalue weighted by atomic mass is 16.6. The third-order valence-corrected chi connectivity index (χ3v) is 6.37. The van der Waals surface area contributed by atoms with Gasteiger partial charge in [0.1, 0.15) is 6.61 Å². The van der Waals surface area contributed by atoms with Gasteiger partial charge in [-0.05, 0) is 14.0 Å². The maximum atomic E-state index is 13.4. The third-order valence-electron chi connectivity index (χ3n) is 6.37. The molecular formula is C19H24N4O5. The zero-order valence-electron chi connectivity index (χ0n) is 16.2. The van der Waals surface area contributed by atoms with Crippen LogP contribution in [0.25, 0.3) is 0 Å². The Labute approximate surface area is 162 Å². The van der Waals surface area contributed by atoms with Gasteiger partial charge in [-0.3, -0.25) is 14.5 Å². The summed E-state index contributed by atoms with van der Waals surface area (Å²) in [4.78, 5) is 41.9. The quantitative estimate of drug-likeness (QED) is 0.356. The first-order chi connectivity index (χ1) is 13.3. The summed E-state index contributed by atoms with van der Waals surface area (Å²) < 4.78 is 11.1. The Hall–Kier alpha value is -2.65. The Balaban J connectivity index is 1.81. The number of hydrogen-bond acceptors (Lipinski definition) is 8. The second-order valence-corrected chi connectivity index (χ2v) is 7.52. The molecule has 150 valence electrons. The van der Waals surface area contributed by atoms with Crippen LogP contribution in [0.1, 0.15) is 6.92 Å². The van der Waals surface area contributed by atoms with Crippen molar-refractivity contribution in [2.24, 2.45) is 11.7 Å². The number of likely N-dealkylation sites (N-methyl/N-ethyl adjacent to an activating group) is 1. The summed E-state index contributed by atoms with van der Waals surface area (Å²) in [5.74, 6) is -1.11. The lowest BCUT2D eigenvalue weighted by molar-refractivity contribution is -0.144. The first-order valence-electron chi connectivity index (χ1n) is 9.17. The van der Waals surface area contributed by atoms with Gasteiger partial charge in [-0.15, -0.1) is 6.58 Å². The Morgan fingerprint density at radius 3 is 2.75 bits per heavy atom. The number of piperazine rings is 1. The van der Waals surface area contributed by atoms with E-state index >= 15 is 0 Å². The molecule has 2 saturated heterocycles. The lowest BCUT2D eigenvalue weighted by atomic mass is 9.82. The van der Waals surface area contributed by atoms with Crippen LogP contribution in [-0.4, -0.2) is 79.1 Å². The molecule has 0 spiro atoms. The Morgan fingerprint density at radius 1 is 1.43 bits per heavy atom. The van der Waals surface area contributed by atoms with Crippen LogP contribution in [0.4, 0.5) is 4.79 Å². The van der Waals surface area contributed by atoms with Crippen LogP contribution >= 0.6 is 0 Å². The number of nitrogens with two attached hydrogens (primary N) is 1. The number of carbonyl (C=O) groups is 3. The zero-order chi connectivity index (χ0) is 20.4. The summed E-state index contributed by atoms with van der Waals surface area (Å²) in [5, 5.41) is 2.98. The third kappa shape index (κ3) is 2.17. The highest BCUT2D eigenvalue weighted by Crippen LogP contribution is 2.59. The standard InChI is InChI=1S/C19H24N4O5/c1-5-6-21-13-9(2)15(24)14-12(16(13)25)10(8-28-18(20)26)19(27-4)17-11(22(17)3)7-23(14)19/h5,10-11,17,21H,1,6-8H2,2-4H3,(H2,20,26). The van der Waals surface area contributed by atoms with Crippen LogP contribution in [0.2, 0.25) is 0 Å². The molecule has 5 atom stereocenters. The molecule has 3 aliphatic heterocycles. The van der Waals surface area contributed by atoms with E-state index in [1.165, 1.54) is 0 Å². The number of allylic oxidation sites excluding steroid dienone is 2. The summed E-state index contributed by atoms with van der Waals surface area (Å²) in [7, 11) is 3.53. The number of hydrogen-bond donors (Lipinski definition) is 2. The van der Waals surface area contributed by atoms with Crippen LogP contribution in [-0.2, 0) is 19.1 Å². The van der Waals surface area contributed by atoms with E-state index in [2.05, 4.69) is 16.8 Å². The van der Waals surface area contributed by atoms with Gasteiger partial charge < -0.3 is 25.4 Å². The minimum absolute atomic E-state index is 0.00457. The van der Waals surface area contributed by atoms with Gasteiger partial charge in [-0.25, -0.2) is 4.79 Å². The molecule has 1 aliphatic carbocycles. The fourth-order valence-electron chi connectivity index (χ4n) is 5.10. The van der Waals surface area contributed by atoms with Gasteiger partial charge in [-0.2, -0.15) is 0 Å². The number of amides is 1. The highest BCUT2D eigenvalue weighted by molar-refractivity contribution is 6.25. The summed E-state index contributed by atoms with van der Waals surface area (Å²) in [6, 6.07) is 0.215. The first kappa shape index (κ1) is 18.7. The van der Waals surface area contributed by atoms with Crippen molar-refractivity contribution in [2.45, 2.75) is 24.7 Å². The number of nitrogens with zero attached hydrogens (tertiary/aromatic N) is 2. The second-order valence-electron chi connectivity index (χ2n) is 7.52. The van der Waals surface area contributed by atoms with Crippen LogP contribution in [0.3, 0.4) is 0 Å². The molecule has 2 fully saturated rings. The van der Waals surface area contributed by atoms with Crippen molar-refractivity contribution in [3.63, 3.8) is 0 Å². The fraction of sp³-hybridized carbons (Fsp3) is 0.526. The minimum Gasteiger partial charge on any atom is -0.449 e. The van der Waals surface area contributed by atoms with Gasteiger partial charge in [-0.1, -0.05) is 6.08 Å². The number of methoxy groups -OCH3 is 1. The molecule has 0 aromatic rings. The van der Waals surface area contributed by atoms with E-state index in [0.717, 1.165) is 0 Å². The number of ketones is 2. The summed E-state index contributed by atoms with van der Waals surface area (Å²) in [6.07, 6.45) is 0.681. The number of Topliss-reactive ketones (excluding diaryl/α,β-unsaturated/α-hetero) is 2. The van der Waals surface area contributed by atoms with E-state index in [4.69, 9.17) is 15.2 Å². The number of carbonyl (C=O) groups excluding carboxylic acids is 3. The van der Waals surface area contributed by atoms with E-state index in [1.54, 1.807) is 20.1 Å². The van der Waals surface area contributed by atoms with E-state index in [1.807, 2.05) is 11.9 Å². The maximum absolute atomic E-state index is 13.4. The smallest absolute Gasteiger partial charge is 0.404 e. The lowest BCUT2D eigenvalue weighted by Crippen LogP contribution is -2.55. The summed E-state index contributed by atoms with van der Waals surface area (Å²) in [6.45, 7) is 6.07.